The number of carbonyl (C=O) groups excluding carboxylic acids is 1. The van der Waals surface area contributed by atoms with E-state index in [0.29, 0.717) is 10.9 Å². The van der Waals surface area contributed by atoms with Crippen LogP contribution >= 0.6 is 11.6 Å². The molecule has 21 heavy (non-hydrogen) atoms. The highest BCUT2D eigenvalue weighted by molar-refractivity contribution is 6.30. The van der Waals surface area contributed by atoms with Crippen molar-refractivity contribution in [2.24, 2.45) is 0 Å². The van der Waals surface area contributed by atoms with Crippen LogP contribution in [0.2, 0.25) is 5.02 Å². The smallest absolute Gasteiger partial charge is 0.248 e. The Kier molecular flexibility index (Phi) is 5.18. The summed E-state index contributed by atoms with van der Waals surface area (Å²) < 4.78 is 0. The van der Waals surface area contributed by atoms with E-state index in [-0.39, 0.29) is 5.91 Å². The zero-order valence-electron chi connectivity index (χ0n) is 12.1. The second-order valence-corrected chi connectivity index (χ2v) is 5.55. The van der Waals surface area contributed by atoms with Crippen molar-refractivity contribution in [1.29, 1.82) is 0 Å². The Morgan fingerprint density at radius 3 is 2.43 bits per heavy atom. The maximum Gasteiger partial charge on any atom is 0.248 e. The van der Waals surface area contributed by atoms with E-state index in [2.05, 4.69) is 19.2 Å². The van der Waals surface area contributed by atoms with Crippen LogP contribution in [-0.4, -0.2) is 5.91 Å². The van der Waals surface area contributed by atoms with Crippen LogP contribution in [0.1, 0.15) is 30.9 Å². The van der Waals surface area contributed by atoms with Crippen molar-refractivity contribution in [1.82, 2.24) is 0 Å². The second-order valence-electron chi connectivity index (χ2n) is 5.12. The molecule has 2 aromatic carbocycles. The molecule has 0 unspecified atom stereocenters. The van der Waals surface area contributed by atoms with Crippen molar-refractivity contribution >= 4 is 29.3 Å². The van der Waals surface area contributed by atoms with Crippen LogP contribution in [0.15, 0.2) is 54.6 Å². The first-order valence-corrected chi connectivity index (χ1v) is 7.27. The van der Waals surface area contributed by atoms with Gasteiger partial charge in [-0.15, -0.1) is 0 Å². The minimum atomic E-state index is -0.141. The summed E-state index contributed by atoms with van der Waals surface area (Å²) in [5.41, 5.74) is 2.93. The summed E-state index contributed by atoms with van der Waals surface area (Å²) in [5, 5.41) is 3.60. The standard InChI is InChI=1S/C18H18ClNO/c1-13(2)16-5-3-4-6-17(16)20-18(21)12-9-14-7-10-15(19)11-8-14/h3-13H,1-2H3,(H,20,21)/b12-9+. The number of nitrogens with one attached hydrogen (secondary N) is 1. The van der Waals surface area contributed by atoms with Gasteiger partial charge in [0.1, 0.15) is 0 Å². The first kappa shape index (κ1) is 15.3. The molecule has 2 rings (SSSR count). The molecule has 0 aliphatic rings. The minimum absolute atomic E-state index is 0.141. The number of para-hydroxylation sites is 1. The van der Waals surface area contributed by atoms with Crippen LogP contribution < -0.4 is 5.32 Å². The molecule has 1 amide bonds. The molecule has 0 bridgehead atoms. The molecule has 3 heteroatoms. The Labute approximate surface area is 130 Å². The summed E-state index contributed by atoms with van der Waals surface area (Å²) in [6.07, 6.45) is 3.30. The van der Waals surface area contributed by atoms with Gasteiger partial charge in [0.2, 0.25) is 5.91 Å². The number of hydrogen-bond donors (Lipinski definition) is 1. The highest BCUT2D eigenvalue weighted by atomic mass is 35.5. The van der Waals surface area contributed by atoms with Crippen molar-refractivity contribution in [3.63, 3.8) is 0 Å². The summed E-state index contributed by atoms with van der Waals surface area (Å²) in [7, 11) is 0. The van der Waals surface area contributed by atoms with E-state index in [4.69, 9.17) is 11.6 Å². The number of anilines is 1. The van der Waals surface area contributed by atoms with Crippen molar-refractivity contribution in [3.8, 4) is 0 Å². The Bertz CT molecular complexity index is 645. The van der Waals surface area contributed by atoms with E-state index in [9.17, 15) is 4.79 Å². The molecule has 0 aromatic heterocycles. The molecule has 0 aliphatic carbocycles. The number of benzene rings is 2. The molecule has 0 fully saturated rings. The lowest BCUT2D eigenvalue weighted by Crippen LogP contribution is -2.10. The molecule has 0 heterocycles. The quantitative estimate of drug-likeness (QED) is 0.780. The summed E-state index contributed by atoms with van der Waals surface area (Å²) >= 11 is 5.83. The summed E-state index contributed by atoms with van der Waals surface area (Å²) in [4.78, 5) is 12.0. The van der Waals surface area contributed by atoms with E-state index in [0.717, 1.165) is 16.8 Å². The van der Waals surface area contributed by atoms with E-state index >= 15 is 0 Å². The summed E-state index contributed by atoms with van der Waals surface area (Å²) in [6, 6.07) is 15.2. The van der Waals surface area contributed by atoms with E-state index in [1.165, 1.54) is 6.08 Å². The maximum absolute atomic E-state index is 12.0. The summed E-state index contributed by atoms with van der Waals surface area (Å²) in [5.74, 6) is 0.222. The van der Waals surface area contributed by atoms with Crippen LogP contribution in [-0.2, 0) is 4.79 Å². The van der Waals surface area contributed by atoms with Gasteiger partial charge in [-0.3, -0.25) is 4.79 Å². The molecule has 0 atom stereocenters. The van der Waals surface area contributed by atoms with Crippen LogP contribution in [0.25, 0.3) is 6.08 Å². The van der Waals surface area contributed by atoms with Gasteiger partial charge in [0.25, 0.3) is 0 Å². The third-order valence-corrected chi connectivity index (χ3v) is 3.39. The number of carbonyl (C=O) groups is 1. The van der Waals surface area contributed by atoms with Gasteiger partial charge >= 0.3 is 0 Å². The predicted octanol–water partition coefficient (Wildman–Crippen LogP) is 5.12. The maximum atomic E-state index is 12.0. The largest absolute Gasteiger partial charge is 0.322 e. The number of amides is 1. The SMILES string of the molecule is CC(C)c1ccccc1NC(=O)/C=C/c1ccc(Cl)cc1. The Balaban J connectivity index is 2.07. The van der Waals surface area contributed by atoms with Gasteiger partial charge in [-0.05, 0) is 41.3 Å². The van der Waals surface area contributed by atoms with Crippen molar-refractivity contribution in [2.75, 3.05) is 5.32 Å². The first-order valence-electron chi connectivity index (χ1n) is 6.90. The topological polar surface area (TPSA) is 29.1 Å². The van der Waals surface area contributed by atoms with Crippen LogP contribution in [0, 0.1) is 0 Å². The normalized spacial score (nSPS) is 11.0. The molecule has 0 spiro atoms. The van der Waals surface area contributed by atoms with Crippen LogP contribution in [0.3, 0.4) is 0 Å². The monoisotopic (exact) mass is 299 g/mol. The fraction of sp³-hybridized carbons (Fsp3) is 0.167. The zero-order valence-corrected chi connectivity index (χ0v) is 12.9. The van der Waals surface area contributed by atoms with Gasteiger partial charge in [-0.25, -0.2) is 0 Å². The van der Waals surface area contributed by atoms with Gasteiger partial charge in [-0.1, -0.05) is 55.8 Å². The fourth-order valence-corrected chi connectivity index (χ4v) is 2.16. The van der Waals surface area contributed by atoms with Crippen LogP contribution in [0.5, 0.6) is 0 Å². The lowest BCUT2D eigenvalue weighted by molar-refractivity contribution is -0.111. The van der Waals surface area contributed by atoms with Crippen molar-refractivity contribution < 1.29 is 4.79 Å². The number of hydrogen-bond acceptors (Lipinski definition) is 1. The average Bonchev–Trinajstić information content (AvgIpc) is 2.47. The summed E-state index contributed by atoms with van der Waals surface area (Å²) in [6.45, 7) is 4.21. The van der Waals surface area contributed by atoms with Gasteiger partial charge in [-0.2, -0.15) is 0 Å². The Hall–Kier alpha value is -2.06. The van der Waals surface area contributed by atoms with Gasteiger partial charge in [0.15, 0.2) is 0 Å². The highest BCUT2D eigenvalue weighted by Crippen LogP contribution is 2.23. The Morgan fingerprint density at radius 1 is 1.10 bits per heavy atom. The van der Waals surface area contributed by atoms with Crippen molar-refractivity contribution in [3.05, 3.63) is 70.8 Å². The third kappa shape index (κ3) is 4.47. The minimum Gasteiger partial charge on any atom is -0.322 e. The molecule has 0 radical (unpaired) electrons. The zero-order chi connectivity index (χ0) is 15.2. The molecule has 2 nitrogen and oxygen atoms in total. The molecular weight excluding hydrogens is 282 g/mol. The molecule has 2 aromatic rings. The van der Waals surface area contributed by atoms with Crippen molar-refractivity contribution in [2.45, 2.75) is 19.8 Å². The fourth-order valence-electron chi connectivity index (χ4n) is 2.03. The van der Waals surface area contributed by atoms with E-state index in [1.807, 2.05) is 36.4 Å². The van der Waals surface area contributed by atoms with Gasteiger partial charge in [0, 0.05) is 16.8 Å². The number of rotatable bonds is 4. The molecule has 0 saturated carbocycles. The second kappa shape index (κ2) is 7.09. The van der Waals surface area contributed by atoms with Gasteiger partial charge in [0.05, 0.1) is 0 Å². The first-order chi connectivity index (χ1) is 10.1. The molecule has 1 N–H and O–H groups in total. The highest BCUT2D eigenvalue weighted by Gasteiger charge is 2.07. The van der Waals surface area contributed by atoms with E-state index < -0.39 is 0 Å². The van der Waals surface area contributed by atoms with Gasteiger partial charge < -0.3 is 5.32 Å². The lowest BCUT2D eigenvalue weighted by Gasteiger charge is -2.12. The molecule has 108 valence electrons. The van der Waals surface area contributed by atoms with Crippen LogP contribution in [0.4, 0.5) is 5.69 Å². The third-order valence-electron chi connectivity index (χ3n) is 3.14. The predicted molar refractivity (Wildman–Crippen MR) is 89.6 cm³/mol. The Morgan fingerprint density at radius 2 is 1.76 bits per heavy atom. The average molecular weight is 300 g/mol. The molecule has 0 aliphatic heterocycles. The molecule has 0 saturated heterocycles. The number of halogens is 1. The lowest BCUT2D eigenvalue weighted by atomic mass is 10.0. The van der Waals surface area contributed by atoms with E-state index in [1.54, 1.807) is 18.2 Å². The molecular formula is C18H18ClNO.